The average molecular weight is 292 g/mol. The zero-order valence-corrected chi connectivity index (χ0v) is 13.0. The van der Waals surface area contributed by atoms with Crippen molar-refractivity contribution in [1.29, 1.82) is 0 Å². The van der Waals surface area contributed by atoms with E-state index in [9.17, 15) is 8.42 Å². The minimum Gasteiger partial charge on any atom is -0.384 e. The number of methoxy groups -OCH3 is 1. The summed E-state index contributed by atoms with van der Waals surface area (Å²) in [7, 11) is -1.39. The Morgan fingerprint density at radius 3 is 2.79 bits per heavy atom. The lowest BCUT2D eigenvalue weighted by atomic mass is 10.1. The monoisotopic (exact) mass is 292 g/mol. The predicted octanol–water partition coefficient (Wildman–Crippen LogP) is 1.06. The molecule has 1 fully saturated rings. The first-order valence-electron chi connectivity index (χ1n) is 7.27. The smallest absolute Gasteiger partial charge is 0.214 e. The summed E-state index contributed by atoms with van der Waals surface area (Å²) < 4.78 is 31.0. The van der Waals surface area contributed by atoms with Gasteiger partial charge in [0.05, 0.1) is 12.4 Å². The molecule has 0 saturated carbocycles. The van der Waals surface area contributed by atoms with Crippen molar-refractivity contribution >= 4 is 10.0 Å². The van der Waals surface area contributed by atoms with E-state index >= 15 is 0 Å². The highest BCUT2D eigenvalue weighted by molar-refractivity contribution is 7.89. The highest BCUT2D eigenvalue weighted by atomic mass is 32.2. The number of hydrogen-bond acceptors (Lipinski definition) is 4. The SMILES string of the molecule is CCCNCCCCS(=O)(=O)N1CCC(COC)C1. The third-order valence-corrected chi connectivity index (χ3v) is 5.40. The van der Waals surface area contributed by atoms with E-state index in [4.69, 9.17) is 4.74 Å². The van der Waals surface area contributed by atoms with Crippen LogP contribution in [0.25, 0.3) is 0 Å². The number of sulfonamides is 1. The van der Waals surface area contributed by atoms with Gasteiger partial charge in [0.15, 0.2) is 0 Å². The molecule has 19 heavy (non-hydrogen) atoms. The molecular formula is C13H28N2O3S. The Hall–Kier alpha value is -0.170. The van der Waals surface area contributed by atoms with Crippen molar-refractivity contribution in [3.05, 3.63) is 0 Å². The first kappa shape index (κ1) is 16.9. The normalized spacial score (nSPS) is 21.1. The van der Waals surface area contributed by atoms with Gasteiger partial charge in [-0.2, -0.15) is 0 Å². The molecule has 1 saturated heterocycles. The molecule has 1 unspecified atom stereocenters. The highest BCUT2D eigenvalue weighted by Crippen LogP contribution is 2.20. The Kier molecular flexibility index (Phi) is 7.90. The van der Waals surface area contributed by atoms with Gasteiger partial charge in [0, 0.05) is 20.2 Å². The largest absolute Gasteiger partial charge is 0.384 e. The zero-order chi connectivity index (χ0) is 14.1. The van der Waals surface area contributed by atoms with E-state index in [2.05, 4.69) is 12.2 Å². The summed E-state index contributed by atoms with van der Waals surface area (Å²) in [6.45, 7) is 6.00. The van der Waals surface area contributed by atoms with Crippen molar-refractivity contribution < 1.29 is 13.2 Å². The molecule has 0 aromatic heterocycles. The lowest BCUT2D eigenvalue weighted by molar-refractivity contribution is 0.157. The fourth-order valence-electron chi connectivity index (χ4n) is 2.39. The van der Waals surface area contributed by atoms with Crippen LogP contribution in [0.3, 0.4) is 0 Å². The molecule has 0 bridgehead atoms. The Morgan fingerprint density at radius 1 is 1.32 bits per heavy atom. The van der Waals surface area contributed by atoms with Crippen molar-refractivity contribution in [2.45, 2.75) is 32.6 Å². The number of hydrogen-bond donors (Lipinski definition) is 1. The first-order chi connectivity index (χ1) is 9.10. The van der Waals surface area contributed by atoms with Crippen LogP contribution in [-0.4, -0.2) is 58.4 Å². The lowest BCUT2D eigenvalue weighted by Gasteiger charge is -2.16. The third-order valence-electron chi connectivity index (χ3n) is 3.48. The summed E-state index contributed by atoms with van der Waals surface area (Å²) in [5.41, 5.74) is 0. The molecule has 1 atom stereocenters. The maximum absolute atomic E-state index is 12.1. The maximum atomic E-state index is 12.1. The summed E-state index contributed by atoms with van der Waals surface area (Å²) in [5, 5.41) is 3.29. The number of nitrogens with one attached hydrogen (secondary N) is 1. The van der Waals surface area contributed by atoms with E-state index in [1.54, 1.807) is 11.4 Å². The van der Waals surface area contributed by atoms with Gasteiger partial charge in [0.25, 0.3) is 0 Å². The van der Waals surface area contributed by atoms with Crippen molar-refractivity contribution in [3.63, 3.8) is 0 Å². The molecule has 0 radical (unpaired) electrons. The van der Waals surface area contributed by atoms with Gasteiger partial charge in [0.2, 0.25) is 10.0 Å². The Bertz CT molecular complexity index is 333. The van der Waals surface area contributed by atoms with Crippen LogP contribution in [0.5, 0.6) is 0 Å². The van der Waals surface area contributed by atoms with Gasteiger partial charge in [-0.25, -0.2) is 12.7 Å². The summed E-state index contributed by atoms with van der Waals surface area (Å²) in [6, 6.07) is 0. The van der Waals surface area contributed by atoms with E-state index in [1.165, 1.54) is 0 Å². The maximum Gasteiger partial charge on any atom is 0.214 e. The Morgan fingerprint density at radius 2 is 2.11 bits per heavy atom. The molecule has 0 aromatic rings. The van der Waals surface area contributed by atoms with Gasteiger partial charge in [-0.15, -0.1) is 0 Å². The van der Waals surface area contributed by atoms with Gasteiger partial charge < -0.3 is 10.1 Å². The molecule has 1 aliphatic heterocycles. The summed E-state index contributed by atoms with van der Waals surface area (Å²) in [5.74, 6) is 0.645. The second kappa shape index (κ2) is 8.89. The number of unbranched alkanes of at least 4 members (excludes halogenated alkanes) is 1. The second-order valence-corrected chi connectivity index (χ2v) is 7.33. The van der Waals surface area contributed by atoms with Gasteiger partial charge in [0.1, 0.15) is 0 Å². The minimum atomic E-state index is -3.05. The van der Waals surface area contributed by atoms with Crippen molar-refractivity contribution in [3.8, 4) is 0 Å². The average Bonchev–Trinajstić information content (AvgIpc) is 2.83. The van der Waals surface area contributed by atoms with E-state index in [0.717, 1.165) is 38.8 Å². The van der Waals surface area contributed by atoms with Gasteiger partial charge in [-0.1, -0.05) is 6.92 Å². The van der Waals surface area contributed by atoms with E-state index in [0.29, 0.717) is 25.6 Å². The van der Waals surface area contributed by atoms with Gasteiger partial charge in [-0.05, 0) is 44.7 Å². The van der Waals surface area contributed by atoms with Gasteiger partial charge >= 0.3 is 0 Å². The van der Waals surface area contributed by atoms with E-state index in [-0.39, 0.29) is 5.75 Å². The topological polar surface area (TPSA) is 58.6 Å². The van der Waals surface area contributed by atoms with Crippen molar-refractivity contribution in [1.82, 2.24) is 9.62 Å². The number of nitrogens with zero attached hydrogens (tertiary/aromatic N) is 1. The van der Waals surface area contributed by atoms with E-state index in [1.807, 2.05) is 0 Å². The molecule has 114 valence electrons. The molecule has 5 nitrogen and oxygen atoms in total. The summed E-state index contributed by atoms with van der Waals surface area (Å²) >= 11 is 0. The van der Waals surface area contributed by atoms with Gasteiger partial charge in [-0.3, -0.25) is 0 Å². The second-order valence-electron chi connectivity index (χ2n) is 5.24. The van der Waals surface area contributed by atoms with E-state index < -0.39 is 10.0 Å². The Balaban J connectivity index is 2.21. The first-order valence-corrected chi connectivity index (χ1v) is 8.88. The zero-order valence-electron chi connectivity index (χ0n) is 12.2. The number of rotatable bonds is 10. The fourth-order valence-corrected chi connectivity index (χ4v) is 4.04. The van der Waals surface area contributed by atoms with Crippen LogP contribution in [0.2, 0.25) is 0 Å². The molecule has 1 rings (SSSR count). The van der Waals surface area contributed by atoms with Crippen LogP contribution in [-0.2, 0) is 14.8 Å². The predicted molar refractivity (Wildman–Crippen MR) is 77.7 cm³/mol. The molecule has 0 aromatic carbocycles. The molecule has 1 N–H and O–H groups in total. The number of ether oxygens (including phenoxy) is 1. The molecule has 1 heterocycles. The molecule has 6 heteroatoms. The van der Waals surface area contributed by atoms with Crippen LogP contribution in [0.4, 0.5) is 0 Å². The standard InChI is InChI=1S/C13H28N2O3S/c1-3-7-14-8-4-5-10-19(16,17)15-9-6-13(11-15)12-18-2/h13-14H,3-12H2,1-2H3. The van der Waals surface area contributed by atoms with Crippen LogP contribution >= 0.6 is 0 Å². The summed E-state index contributed by atoms with van der Waals surface area (Å²) in [4.78, 5) is 0. The Labute approximate surface area is 117 Å². The molecule has 0 spiro atoms. The quantitative estimate of drug-likeness (QED) is 0.612. The molecule has 0 amide bonds. The molecule has 1 aliphatic rings. The van der Waals surface area contributed by atoms with Crippen LogP contribution in [0.15, 0.2) is 0 Å². The minimum absolute atomic E-state index is 0.278. The summed E-state index contributed by atoms with van der Waals surface area (Å²) in [6.07, 6.45) is 3.71. The van der Waals surface area contributed by atoms with Crippen molar-refractivity contribution in [2.24, 2.45) is 5.92 Å². The fraction of sp³-hybridized carbons (Fsp3) is 1.00. The lowest BCUT2D eigenvalue weighted by Crippen LogP contribution is -2.31. The van der Waals surface area contributed by atoms with Crippen LogP contribution in [0, 0.1) is 5.92 Å². The van der Waals surface area contributed by atoms with Crippen LogP contribution in [0.1, 0.15) is 32.6 Å². The van der Waals surface area contributed by atoms with Crippen molar-refractivity contribution in [2.75, 3.05) is 45.6 Å². The molecule has 0 aliphatic carbocycles. The molecular weight excluding hydrogens is 264 g/mol. The third kappa shape index (κ3) is 6.21. The van der Waals surface area contributed by atoms with Crippen LogP contribution < -0.4 is 5.32 Å². The highest BCUT2D eigenvalue weighted by Gasteiger charge is 2.30.